The van der Waals surface area contributed by atoms with E-state index in [4.69, 9.17) is 23.2 Å². The third kappa shape index (κ3) is 4.26. The maximum atomic E-state index is 12.6. The number of nitrogens with one attached hydrogen (secondary N) is 1. The second kappa shape index (κ2) is 7.94. The molecule has 1 heterocycles. The van der Waals surface area contributed by atoms with Crippen LogP contribution in [0.15, 0.2) is 48.5 Å². The molecule has 0 unspecified atom stereocenters. The number of halogens is 2. The molecule has 0 saturated heterocycles. The molecule has 3 aromatic rings. The zero-order chi connectivity index (χ0) is 18.7. The van der Waals surface area contributed by atoms with Crippen molar-refractivity contribution >= 4 is 29.1 Å². The molecule has 3 rings (SSSR count). The molecule has 0 bridgehead atoms. The van der Waals surface area contributed by atoms with E-state index in [-0.39, 0.29) is 5.91 Å². The molecule has 0 aliphatic carbocycles. The van der Waals surface area contributed by atoms with Gasteiger partial charge < -0.3 is 5.32 Å². The van der Waals surface area contributed by atoms with Gasteiger partial charge in [0.2, 0.25) is 0 Å². The van der Waals surface area contributed by atoms with Gasteiger partial charge in [0.1, 0.15) is 5.15 Å². The average molecular weight is 388 g/mol. The summed E-state index contributed by atoms with van der Waals surface area (Å²) in [7, 11) is 0. The molecule has 26 heavy (non-hydrogen) atoms. The number of carbonyl (C=O) groups excluding carboxylic acids is 1. The highest BCUT2D eigenvalue weighted by Crippen LogP contribution is 2.21. The van der Waals surface area contributed by atoms with Crippen molar-refractivity contribution in [2.45, 2.75) is 26.9 Å². The maximum Gasteiger partial charge on any atom is 0.256 e. The number of hydrogen-bond acceptors (Lipinski definition) is 2. The first-order chi connectivity index (χ1) is 12.4. The second-order valence-electron chi connectivity index (χ2n) is 6.20. The summed E-state index contributed by atoms with van der Waals surface area (Å²) in [5.74, 6) is -0.238. The third-order valence-electron chi connectivity index (χ3n) is 4.11. The number of hydrogen-bond donors (Lipinski definition) is 1. The van der Waals surface area contributed by atoms with E-state index in [1.807, 2.05) is 43.3 Å². The molecule has 0 aliphatic heterocycles. The number of aryl methyl sites for hydroxylation is 2. The van der Waals surface area contributed by atoms with Crippen LogP contribution in [0.25, 0.3) is 0 Å². The molecule has 1 N–H and O–H groups in total. The smallest absolute Gasteiger partial charge is 0.256 e. The fraction of sp³-hybridized carbons (Fsp3) is 0.200. The second-order valence-corrected chi connectivity index (χ2v) is 7.00. The van der Waals surface area contributed by atoms with Crippen LogP contribution in [0.2, 0.25) is 10.2 Å². The van der Waals surface area contributed by atoms with Gasteiger partial charge >= 0.3 is 0 Å². The fourth-order valence-electron chi connectivity index (χ4n) is 2.66. The molecular formula is C20H19Cl2N3O. The van der Waals surface area contributed by atoms with Gasteiger partial charge in [0.25, 0.3) is 5.91 Å². The van der Waals surface area contributed by atoms with Gasteiger partial charge in [-0.2, -0.15) is 5.10 Å². The standard InChI is InChI=1S/C20H19Cl2N3O/c1-13-3-5-16(6-4-13)12-25-19(22)18(14(2)24-25)20(26)23-11-15-7-9-17(21)10-8-15/h3-10H,11-12H2,1-2H3,(H,23,26). The minimum Gasteiger partial charge on any atom is -0.348 e. The first kappa shape index (κ1) is 18.5. The summed E-state index contributed by atoms with van der Waals surface area (Å²) in [5.41, 5.74) is 4.25. The highest BCUT2D eigenvalue weighted by Gasteiger charge is 2.20. The molecule has 1 amide bonds. The van der Waals surface area contributed by atoms with Gasteiger partial charge in [-0.3, -0.25) is 4.79 Å². The summed E-state index contributed by atoms with van der Waals surface area (Å²) in [6, 6.07) is 15.5. The van der Waals surface area contributed by atoms with E-state index in [9.17, 15) is 4.79 Å². The van der Waals surface area contributed by atoms with Crippen LogP contribution in [0.5, 0.6) is 0 Å². The van der Waals surface area contributed by atoms with Gasteiger partial charge in [-0.1, -0.05) is 65.2 Å². The van der Waals surface area contributed by atoms with Crippen molar-refractivity contribution in [2.24, 2.45) is 0 Å². The summed E-state index contributed by atoms with van der Waals surface area (Å²) < 4.78 is 1.65. The number of rotatable bonds is 5. The largest absolute Gasteiger partial charge is 0.348 e. The molecule has 0 radical (unpaired) electrons. The van der Waals surface area contributed by atoms with Crippen molar-refractivity contribution in [1.29, 1.82) is 0 Å². The SMILES string of the molecule is Cc1ccc(Cn2nc(C)c(C(=O)NCc3ccc(Cl)cc3)c2Cl)cc1. The maximum absolute atomic E-state index is 12.6. The molecule has 0 spiro atoms. The van der Waals surface area contributed by atoms with Crippen molar-refractivity contribution in [3.63, 3.8) is 0 Å². The van der Waals surface area contributed by atoms with Crippen molar-refractivity contribution < 1.29 is 4.79 Å². The van der Waals surface area contributed by atoms with E-state index < -0.39 is 0 Å². The molecule has 0 atom stereocenters. The van der Waals surface area contributed by atoms with Crippen molar-refractivity contribution in [3.05, 3.63) is 86.7 Å². The predicted molar refractivity (Wildman–Crippen MR) is 105 cm³/mol. The Kier molecular flexibility index (Phi) is 5.64. The minimum absolute atomic E-state index is 0.238. The van der Waals surface area contributed by atoms with E-state index >= 15 is 0 Å². The van der Waals surface area contributed by atoms with Gasteiger partial charge in [-0.25, -0.2) is 4.68 Å². The Bertz CT molecular complexity index is 915. The lowest BCUT2D eigenvalue weighted by Gasteiger charge is -2.06. The van der Waals surface area contributed by atoms with Crippen LogP contribution in [0.1, 0.15) is 32.7 Å². The minimum atomic E-state index is -0.238. The zero-order valence-corrected chi connectivity index (χ0v) is 16.1. The highest BCUT2D eigenvalue weighted by atomic mass is 35.5. The van der Waals surface area contributed by atoms with Gasteiger partial charge in [-0.05, 0) is 37.1 Å². The van der Waals surface area contributed by atoms with E-state index in [2.05, 4.69) is 10.4 Å². The predicted octanol–water partition coefficient (Wildman–Crippen LogP) is 4.79. The number of carbonyl (C=O) groups is 1. The Labute approximate surface area is 162 Å². The van der Waals surface area contributed by atoms with E-state index in [0.29, 0.717) is 34.5 Å². The van der Waals surface area contributed by atoms with Crippen molar-refractivity contribution in [3.8, 4) is 0 Å². The van der Waals surface area contributed by atoms with E-state index in [1.165, 1.54) is 5.56 Å². The summed E-state index contributed by atoms with van der Waals surface area (Å²) in [4.78, 5) is 12.6. The van der Waals surface area contributed by atoms with E-state index in [1.54, 1.807) is 23.7 Å². The number of nitrogens with zero attached hydrogens (tertiary/aromatic N) is 2. The summed E-state index contributed by atoms with van der Waals surface area (Å²) in [5, 5.41) is 8.31. The van der Waals surface area contributed by atoms with Gasteiger partial charge in [0.15, 0.2) is 0 Å². The molecule has 2 aromatic carbocycles. The number of aromatic nitrogens is 2. The van der Waals surface area contributed by atoms with Crippen molar-refractivity contribution in [2.75, 3.05) is 0 Å². The first-order valence-corrected chi connectivity index (χ1v) is 9.00. The van der Waals surface area contributed by atoms with Gasteiger partial charge in [-0.15, -0.1) is 0 Å². The van der Waals surface area contributed by atoms with Crippen LogP contribution in [0.4, 0.5) is 0 Å². The van der Waals surface area contributed by atoms with Crippen LogP contribution in [0.3, 0.4) is 0 Å². The Morgan fingerprint density at radius 1 is 1.00 bits per heavy atom. The lowest BCUT2D eigenvalue weighted by molar-refractivity contribution is 0.0950. The number of benzene rings is 2. The van der Waals surface area contributed by atoms with Crippen LogP contribution < -0.4 is 5.32 Å². The normalized spacial score (nSPS) is 10.8. The summed E-state index contributed by atoms with van der Waals surface area (Å²) >= 11 is 12.3. The molecule has 4 nitrogen and oxygen atoms in total. The Balaban J connectivity index is 1.73. The molecule has 0 saturated carbocycles. The lowest BCUT2D eigenvalue weighted by Crippen LogP contribution is -2.23. The molecule has 1 aromatic heterocycles. The Morgan fingerprint density at radius 2 is 1.62 bits per heavy atom. The van der Waals surface area contributed by atoms with E-state index in [0.717, 1.165) is 11.1 Å². The molecule has 6 heteroatoms. The lowest BCUT2D eigenvalue weighted by atomic mass is 10.1. The van der Waals surface area contributed by atoms with Crippen LogP contribution in [0, 0.1) is 13.8 Å². The fourth-order valence-corrected chi connectivity index (χ4v) is 3.10. The molecule has 134 valence electrons. The summed E-state index contributed by atoms with van der Waals surface area (Å²) in [6.45, 7) is 4.74. The quantitative estimate of drug-likeness (QED) is 0.684. The van der Waals surface area contributed by atoms with Gasteiger partial charge in [0, 0.05) is 11.6 Å². The first-order valence-electron chi connectivity index (χ1n) is 8.25. The molecule has 0 aliphatic rings. The van der Waals surface area contributed by atoms with Crippen LogP contribution in [-0.2, 0) is 13.1 Å². The van der Waals surface area contributed by atoms with Crippen LogP contribution >= 0.6 is 23.2 Å². The molecular weight excluding hydrogens is 369 g/mol. The summed E-state index contributed by atoms with van der Waals surface area (Å²) in [6.07, 6.45) is 0. The zero-order valence-electron chi connectivity index (χ0n) is 14.6. The third-order valence-corrected chi connectivity index (χ3v) is 4.75. The highest BCUT2D eigenvalue weighted by molar-refractivity contribution is 6.33. The monoisotopic (exact) mass is 387 g/mol. The Morgan fingerprint density at radius 3 is 2.27 bits per heavy atom. The van der Waals surface area contributed by atoms with Gasteiger partial charge in [0.05, 0.1) is 17.8 Å². The van der Waals surface area contributed by atoms with Crippen LogP contribution in [-0.4, -0.2) is 15.7 Å². The molecule has 0 fully saturated rings. The number of amides is 1. The topological polar surface area (TPSA) is 46.9 Å². The Hall–Kier alpha value is -2.30. The average Bonchev–Trinajstić information content (AvgIpc) is 2.90. The van der Waals surface area contributed by atoms with Crippen molar-refractivity contribution in [1.82, 2.24) is 15.1 Å².